The third kappa shape index (κ3) is 3.25. The molecule has 1 atom stereocenters. The number of hydrogen-bond acceptors (Lipinski definition) is 5. The van der Waals surface area contributed by atoms with Gasteiger partial charge in [0.05, 0.1) is 9.82 Å². The molecular formula is C16H15N3O5S. The Morgan fingerprint density at radius 2 is 1.84 bits per heavy atom. The molecule has 25 heavy (non-hydrogen) atoms. The molecule has 130 valence electrons. The van der Waals surface area contributed by atoms with Gasteiger partial charge in [-0.1, -0.05) is 17.7 Å². The Balaban J connectivity index is 2.08. The quantitative estimate of drug-likeness (QED) is 0.489. The molecular weight excluding hydrogens is 346 g/mol. The molecule has 1 aliphatic rings. The lowest BCUT2D eigenvalue weighted by Crippen LogP contribution is -3.02. The van der Waals surface area contributed by atoms with Crippen LogP contribution < -0.4 is 9.79 Å². The molecule has 0 saturated heterocycles. The van der Waals surface area contributed by atoms with Crippen molar-refractivity contribution in [2.75, 3.05) is 11.3 Å². The van der Waals surface area contributed by atoms with E-state index in [0.717, 1.165) is 5.56 Å². The second-order valence-electron chi connectivity index (χ2n) is 5.63. The summed E-state index contributed by atoms with van der Waals surface area (Å²) in [7, 11) is -3.92. The van der Waals surface area contributed by atoms with Crippen LogP contribution in [0.5, 0.6) is 0 Å². The van der Waals surface area contributed by atoms with Gasteiger partial charge in [0.1, 0.15) is 17.8 Å². The summed E-state index contributed by atoms with van der Waals surface area (Å²) in [4.78, 5) is 10.6. The number of aryl methyl sites for hydroxylation is 1. The zero-order valence-electron chi connectivity index (χ0n) is 13.2. The Bertz CT molecular complexity index is 968. The summed E-state index contributed by atoms with van der Waals surface area (Å²) in [6.07, 6.45) is 2.99. The van der Waals surface area contributed by atoms with Crippen molar-refractivity contribution in [3.63, 3.8) is 0 Å². The molecule has 3 rings (SSSR count). The zero-order chi connectivity index (χ0) is 18.2. The van der Waals surface area contributed by atoms with Crippen LogP contribution in [0.2, 0.25) is 0 Å². The van der Waals surface area contributed by atoms with Crippen molar-refractivity contribution in [2.45, 2.75) is 11.8 Å². The van der Waals surface area contributed by atoms with Crippen LogP contribution in [0.4, 0.5) is 17.1 Å². The van der Waals surface area contributed by atoms with E-state index in [4.69, 9.17) is 0 Å². The topological polar surface area (TPSA) is 117 Å². The van der Waals surface area contributed by atoms with Gasteiger partial charge >= 0.3 is 0 Å². The highest BCUT2D eigenvalue weighted by atomic mass is 32.2. The van der Waals surface area contributed by atoms with Crippen molar-refractivity contribution in [1.82, 2.24) is 0 Å². The molecule has 0 saturated carbocycles. The van der Waals surface area contributed by atoms with Gasteiger partial charge in [-0.25, -0.2) is 8.42 Å². The van der Waals surface area contributed by atoms with Gasteiger partial charge in [0.25, 0.3) is 15.7 Å². The Morgan fingerprint density at radius 1 is 1.16 bits per heavy atom. The fourth-order valence-corrected chi connectivity index (χ4v) is 3.70. The van der Waals surface area contributed by atoms with Crippen LogP contribution in [0.1, 0.15) is 11.1 Å². The van der Waals surface area contributed by atoms with Gasteiger partial charge in [-0.2, -0.15) is 0 Å². The van der Waals surface area contributed by atoms with E-state index >= 15 is 0 Å². The monoisotopic (exact) mass is 361 g/mol. The molecule has 1 heterocycles. The number of nitro benzene ring substituents is 1. The fourth-order valence-electron chi connectivity index (χ4n) is 2.63. The standard InChI is InChI=1S/C16H15N3O5S/c1-11-4-6-12(7-5-11)25(23,24)17-14-8-9-15(19(21)22)13-3-2-10-18(20)16(13)14/h2-9,17-18H,10H2,1H3. The van der Waals surface area contributed by atoms with Crippen LogP contribution in [0, 0.1) is 22.2 Å². The highest BCUT2D eigenvalue weighted by molar-refractivity contribution is 7.92. The van der Waals surface area contributed by atoms with Crippen molar-refractivity contribution in [3.8, 4) is 0 Å². The first-order valence-electron chi connectivity index (χ1n) is 7.40. The number of nitro groups is 1. The minimum Gasteiger partial charge on any atom is -0.629 e. The molecule has 1 unspecified atom stereocenters. The van der Waals surface area contributed by atoms with E-state index in [1.807, 2.05) is 6.92 Å². The molecule has 0 fully saturated rings. The van der Waals surface area contributed by atoms with Crippen LogP contribution in [-0.4, -0.2) is 19.9 Å². The number of anilines is 1. The predicted octanol–water partition coefficient (Wildman–Crippen LogP) is 1.75. The zero-order valence-corrected chi connectivity index (χ0v) is 14.0. The molecule has 0 bridgehead atoms. The summed E-state index contributed by atoms with van der Waals surface area (Å²) in [6.45, 7) is 1.90. The van der Waals surface area contributed by atoms with Gasteiger partial charge in [0, 0.05) is 6.07 Å². The summed E-state index contributed by atoms with van der Waals surface area (Å²) >= 11 is 0. The molecule has 8 nitrogen and oxygen atoms in total. The summed E-state index contributed by atoms with van der Waals surface area (Å²) in [5, 5.41) is 23.0. The lowest BCUT2D eigenvalue weighted by atomic mass is 10.1. The number of hydrogen-bond donors (Lipinski definition) is 2. The van der Waals surface area contributed by atoms with Crippen LogP contribution >= 0.6 is 0 Å². The SMILES string of the molecule is Cc1ccc(S(=O)(=O)Nc2ccc([N+](=O)[O-])c3c2[NH+]([O-])CC=C3)cc1. The number of nitrogens with zero attached hydrogens (tertiary/aromatic N) is 1. The Labute approximate surface area is 144 Å². The highest BCUT2D eigenvalue weighted by Gasteiger charge is 2.28. The van der Waals surface area contributed by atoms with Crippen LogP contribution in [-0.2, 0) is 10.0 Å². The maximum atomic E-state index is 12.5. The number of nitrogens with one attached hydrogen (secondary N) is 2. The predicted molar refractivity (Wildman–Crippen MR) is 93.0 cm³/mol. The molecule has 2 aromatic rings. The van der Waals surface area contributed by atoms with E-state index in [9.17, 15) is 23.7 Å². The third-order valence-corrected chi connectivity index (χ3v) is 5.24. The summed E-state index contributed by atoms with van der Waals surface area (Å²) in [5.74, 6) is 0. The second kappa shape index (κ2) is 6.28. The average Bonchev–Trinajstić information content (AvgIpc) is 2.55. The van der Waals surface area contributed by atoms with E-state index in [0.29, 0.717) is 0 Å². The Morgan fingerprint density at radius 3 is 2.48 bits per heavy atom. The average molecular weight is 361 g/mol. The number of benzene rings is 2. The van der Waals surface area contributed by atoms with E-state index in [1.54, 1.807) is 12.1 Å². The summed E-state index contributed by atoms with van der Waals surface area (Å²) in [5.41, 5.74) is 0.845. The molecule has 0 aromatic heterocycles. The van der Waals surface area contributed by atoms with Crippen molar-refractivity contribution in [3.05, 3.63) is 68.9 Å². The number of quaternary nitrogens is 1. The molecule has 2 N–H and O–H groups in total. The number of hydroxylamine groups is 1. The molecule has 0 aliphatic carbocycles. The Kier molecular flexibility index (Phi) is 4.29. The minimum atomic E-state index is -3.92. The smallest absolute Gasteiger partial charge is 0.282 e. The summed E-state index contributed by atoms with van der Waals surface area (Å²) < 4.78 is 27.5. The third-order valence-electron chi connectivity index (χ3n) is 3.86. The lowest BCUT2D eigenvalue weighted by molar-refractivity contribution is -0.769. The second-order valence-corrected chi connectivity index (χ2v) is 7.31. The van der Waals surface area contributed by atoms with E-state index in [-0.39, 0.29) is 39.1 Å². The van der Waals surface area contributed by atoms with Gasteiger partial charge in [0.2, 0.25) is 0 Å². The van der Waals surface area contributed by atoms with E-state index in [2.05, 4.69) is 4.72 Å². The van der Waals surface area contributed by atoms with Crippen molar-refractivity contribution >= 4 is 33.2 Å². The molecule has 2 aromatic carbocycles. The largest absolute Gasteiger partial charge is 0.629 e. The first kappa shape index (κ1) is 17.1. The maximum Gasteiger partial charge on any atom is 0.282 e. The van der Waals surface area contributed by atoms with Crippen molar-refractivity contribution in [1.29, 1.82) is 0 Å². The van der Waals surface area contributed by atoms with Crippen molar-refractivity contribution in [2.24, 2.45) is 0 Å². The fraction of sp³-hybridized carbons (Fsp3) is 0.125. The van der Waals surface area contributed by atoms with Gasteiger partial charge < -0.3 is 10.3 Å². The number of rotatable bonds is 4. The molecule has 0 amide bonds. The van der Waals surface area contributed by atoms with Gasteiger partial charge in [-0.3, -0.25) is 14.8 Å². The van der Waals surface area contributed by atoms with Gasteiger partial charge in [-0.15, -0.1) is 0 Å². The highest BCUT2D eigenvalue weighted by Crippen LogP contribution is 2.34. The van der Waals surface area contributed by atoms with Crippen LogP contribution in [0.3, 0.4) is 0 Å². The lowest BCUT2D eigenvalue weighted by Gasteiger charge is -2.27. The molecule has 1 aliphatic heterocycles. The van der Waals surface area contributed by atoms with E-state index in [1.165, 1.54) is 36.4 Å². The molecule has 0 radical (unpaired) electrons. The summed E-state index contributed by atoms with van der Waals surface area (Å²) in [6, 6.07) is 8.67. The first-order valence-corrected chi connectivity index (χ1v) is 8.88. The van der Waals surface area contributed by atoms with Crippen molar-refractivity contribution < 1.29 is 18.4 Å². The van der Waals surface area contributed by atoms with Crippen LogP contribution in [0.25, 0.3) is 6.08 Å². The van der Waals surface area contributed by atoms with Gasteiger partial charge in [-0.05, 0) is 37.3 Å². The Hall–Kier alpha value is -2.75. The normalized spacial score (nSPS) is 16.3. The number of sulfonamides is 1. The maximum absolute atomic E-state index is 12.5. The van der Waals surface area contributed by atoms with Crippen LogP contribution in [0.15, 0.2) is 47.4 Å². The molecule has 0 spiro atoms. The first-order chi connectivity index (χ1) is 11.8. The van der Waals surface area contributed by atoms with E-state index < -0.39 is 14.9 Å². The molecule has 9 heteroatoms. The van der Waals surface area contributed by atoms with Gasteiger partial charge in [0.15, 0.2) is 5.69 Å². The minimum absolute atomic E-state index is 0.0207. The number of fused-ring (bicyclic) bond motifs is 1.